The molecule has 1 unspecified atom stereocenters. The third-order valence-corrected chi connectivity index (χ3v) is 1.24. The summed E-state index contributed by atoms with van der Waals surface area (Å²) in [6.07, 6.45) is 3.30. The van der Waals surface area contributed by atoms with Crippen LogP contribution in [0.5, 0.6) is 0 Å². The molecule has 0 amide bonds. The lowest BCUT2D eigenvalue weighted by molar-refractivity contribution is -0.134. The van der Waals surface area contributed by atoms with Crippen molar-refractivity contribution in [2.24, 2.45) is 0 Å². The Balaban J connectivity index is 3.71. The van der Waals surface area contributed by atoms with Crippen molar-refractivity contribution in [1.82, 2.24) is 0 Å². The molecule has 9 heavy (non-hydrogen) atoms. The second-order valence-electron chi connectivity index (χ2n) is 1.52. The Morgan fingerprint density at radius 1 is 1.78 bits per heavy atom. The molecule has 0 aliphatic rings. The highest BCUT2D eigenvalue weighted by molar-refractivity contribution is 8.16. The monoisotopic (exact) mass is 146 g/mol. The van der Waals surface area contributed by atoms with E-state index in [0.29, 0.717) is 0 Å². The maximum absolute atomic E-state index is 10.4. The van der Waals surface area contributed by atoms with Crippen molar-refractivity contribution in [2.45, 2.75) is 0 Å². The minimum atomic E-state index is -0.321. The lowest BCUT2D eigenvalue weighted by Crippen LogP contribution is -1.92. The fourth-order valence-corrected chi connectivity index (χ4v) is 0.583. The molecule has 0 radical (unpaired) electrons. The Labute approximate surface area is 57.4 Å². The van der Waals surface area contributed by atoms with E-state index in [1.165, 1.54) is 13.2 Å². The van der Waals surface area contributed by atoms with E-state index >= 15 is 0 Å². The van der Waals surface area contributed by atoms with Gasteiger partial charge in [-0.05, 0) is 11.7 Å². The van der Waals surface area contributed by atoms with Crippen LogP contribution >= 0.6 is 10.5 Å². The van der Waals surface area contributed by atoms with Crippen molar-refractivity contribution in [3.05, 3.63) is 11.5 Å². The summed E-state index contributed by atoms with van der Waals surface area (Å²) < 4.78 is 4.35. The molecular formula is C6H10O2S. The molecule has 0 aliphatic carbocycles. The largest absolute Gasteiger partial charge is 0.466 e. The predicted octanol–water partition coefficient (Wildman–Crippen LogP) is 1.00. The molecule has 0 aromatic carbocycles. The zero-order valence-corrected chi connectivity index (χ0v) is 6.40. The van der Waals surface area contributed by atoms with Crippen molar-refractivity contribution in [1.29, 1.82) is 0 Å². The van der Waals surface area contributed by atoms with Crippen molar-refractivity contribution >= 4 is 22.3 Å². The van der Waals surface area contributed by atoms with Gasteiger partial charge in [0.15, 0.2) is 0 Å². The zero-order chi connectivity index (χ0) is 7.28. The fourth-order valence-electron chi connectivity index (χ4n) is 0.240. The van der Waals surface area contributed by atoms with Gasteiger partial charge in [-0.1, -0.05) is 5.87 Å². The molecule has 0 bridgehead atoms. The molecule has 0 spiro atoms. The summed E-state index contributed by atoms with van der Waals surface area (Å²) in [5, 5.41) is 1.71. The lowest BCUT2D eigenvalue weighted by atomic mass is 10.7. The summed E-state index contributed by atoms with van der Waals surface area (Å²) >= 11 is 0. The molecule has 3 heteroatoms. The summed E-state index contributed by atoms with van der Waals surface area (Å²) in [6.45, 7) is 0. The number of carbonyl (C=O) groups excluding carboxylic acids is 1. The Bertz CT molecular complexity index is 149. The Kier molecular flexibility index (Phi) is 4.05. The van der Waals surface area contributed by atoms with Gasteiger partial charge in [0, 0.05) is 6.08 Å². The highest BCUT2D eigenvalue weighted by Crippen LogP contribution is 2.02. The molecule has 0 rings (SSSR count). The van der Waals surface area contributed by atoms with Crippen LogP contribution in [0.3, 0.4) is 0 Å². The highest BCUT2D eigenvalue weighted by Gasteiger charge is 1.87. The Hall–Kier alpha value is -0.570. The molecule has 0 saturated heterocycles. The standard InChI is InChI=1S/C6H10O2S/c1-8-6(7)4-5-9(2)3/h4-5H,2H2,1,3H3. The second kappa shape index (κ2) is 4.32. The van der Waals surface area contributed by atoms with Gasteiger partial charge in [0.1, 0.15) is 0 Å². The summed E-state index contributed by atoms with van der Waals surface area (Å²) in [4.78, 5) is 10.4. The third-order valence-electron chi connectivity index (χ3n) is 0.638. The van der Waals surface area contributed by atoms with Crippen LogP contribution in [0, 0.1) is 0 Å². The number of methoxy groups -OCH3 is 1. The molecule has 0 aromatic rings. The van der Waals surface area contributed by atoms with Gasteiger partial charge in [0.05, 0.1) is 7.11 Å². The van der Waals surface area contributed by atoms with Gasteiger partial charge >= 0.3 is 5.97 Å². The SMILES string of the molecule is C=S(C)C=CC(=O)OC. The number of esters is 1. The van der Waals surface area contributed by atoms with Crippen LogP contribution in [-0.4, -0.2) is 25.2 Å². The molecular weight excluding hydrogens is 136 g/mol. The van der Waals surface area contributed by atoms with Crippen molar-refractivity contribution in [3.63, 3.8) is 0 Å². The van der Waals surface area contributed by atoms with Crippen LogP contribution in [0.25, 0.3) is 0 Å². The smallest absolute Gasteiger partial charge is 0.330 e. The van der Waals surface area contributed by atoms with E-state index in [1.807, 2.05) is 6.26 Å². The van der Waals surface area contributed by atoms with Crippen LogP contribution in [0.1, 0.15) is 0 Å². The van der Waals surface area contributed by atoms with Crippen LogP contribution in [0.15, 0.2) is 11.5 Å². The van der Waals surface area contributed by atoms with Crippen LogP contribution in [-0.2, 0) is 9.53 Å². The number of carbonyl (C=O) groups is 1. The van der Waals surface area contributed by atoms with E-state index < -0.39 is 0 Å². The van der Waals surface area contributed by atoms with Gasteiger partial charge in [-0.15, -0.1) is 0 Å². The Morgan fingerprint density at radius 2 is 2.33 bits per heavy atom. The van der Waals surface area contributed by atoms with E-state index in [2.05, 4.69) is 10.6 Å². The quantitative estimate of drug-likeness (QED) is 0.330. The minimum absolute atomic E-state index is 0.0691. The van der Waals surface area contributed by atoms with Gasteiger partial charge in [-0.2, -0.15) is 10.5 Å². The van der Waals surface area contributed by atoms with Crippen LogP contribution < -0.4 is 0 Å². The maximum Gasteiger partial charge on any atom is 0.330 e. The molecule has 0 aliphatic heterocycles. The minimum Gasteiger partial charge on any atom is -0.466 e. The third kappa shape index (κ3) is 5.30. The first-order chi connectivity index (χ1) is 4.16. The first-order valence-corrected chi connectivity index (χ1v) is 4.24. The number of ether oxygens (including phenoxy) is 1. The molecule has 0 saturated carbocycles. The second-order valence-corrected chi connectivity index (χ2v) is 3.17. The average molecular weight is 146 g/mol. The van der Waals surface area contributed by atoms with Crippen molar-refractivity contribution in [2.75, 3.05) is 13.4 Å². The summed E-state index contributed by atoms with van der Waals surface area (Å²) in [5.41, 5.74) is 0. The molecule has 52 valence electrons. The van der Waals surface area contributed by atoms with E-state index in [4.69, 9.17) is 0 Å². The first kappa shape index (κ1) is 8.43. The van der Waals surface area contributed by atoms with Crippen LogP contribution in [0.2, 0.25) is 0 Å². The molecule has 1 atom stereocenters. The number of rotatable bonds is 2. The summed E-state index contributed by atoms with van der Waals surface area (Å²) in [6, 6.07) is 0. The number of hydrogen-bond acceptors (Lipinski definition) is 2. The lowest BCUT2D eigenvalue weighted by Gasteiger charge is -1.88. The van der Waals surface area contributed by atoms with Gasteiger partial charge in [-0.3, -0.25) is 0 Å². The van der Waals surface area contributed by atoms with Crippen LogP contribution in [0.4, 0.5) is 0 Å². The van der Waals surface area contributed by atoms with E-state index in [1.54, 1.807) is 5.41 Å². The zero-order valence-electron chi connectivity index (χ0n) is 5.59. The summed E-state index contributed by atoms with van der Waals surface area (Å²) in [5.74, 6) is 3.36. The highest BCUT2D eigenvalue weighted by atomic mass is 32.2. The molecule has 0 fully saturated rings. The molecule has 2 nitrogen and oxygen atoms in total. The van der Waals surface area contributed by atoms with E-state index in [0.717, 1.165) is 0 Å². The topological polar surface area (TPSA) is 26.3 Å². The van der Waals surface area contributed by atoms with Gasteiger partial charge in [0.2, 0.25) is 0 Å². The molecule has 0 aromatic heterocycles. The maximum atomic E-state index is 10.4. The fraction of sp³-hybridized carbons (Fsp3) is 0.333. The Morgan fingerprint density at radius 3 is 2.67 bits per heavy atom. The van der Waals surface area contributed by atoms with Crippen molar-refractivity contribution < 1.29 is 9.53 Å². The number of hydrogen-bond donors (Lipinski definition) is 0. The normalized spacial score (nSPS) is 13.6. The summed E-state index contributed by atoms with van der Waals surface area (Å²) in [7, 11) is 1.28. The van der Waals surface area contributed by atoms with Crippen molar-refractivity contribution in [3.8, 4) is 0 Å². The predicted molar refractivity (Wildman–Crippen MR) is 41.8 cm³/mol. The molecule has 0 heterocycles. The van der Waals surface area contributed by atoms with Gasteiger partial charge in [-0.25, -0.2) is 4.79 Å². The van der Waals surface area contributed by atoms with Gasteiger partial charge in [0.25, 0.3) is 0 Å². The van der Waals surface area contributed by atoms with E-state index in [-0.39, 0.29) is 16.5 Å². The first-order valence-electron chi connectivity index (χ1n) is 2.37. The van der Waals surface area contributed by atoms with E-state index in [9.17, 15) is 4.79 Å². The molecule has 0 N–H and O–H groups in total. The van der Waals surface area contributed by atoms with Gasteiger partial charge < -0.3 is 4.74 Å². The average Bonchev–Trinajstić information content (AvgIpc) is 1.83.